The average Bonchev–Trinajstić information content (AvgIpc) is 2.24. The van der Waals surface area contributed by atoms with Crippen LogP contribution in [0.5, 0.6) is 0 Å². The van der Waals surface area contributed by atoms with Gasteiger partial charge in [0.15, 0.2) is 0 Å². The summed E-state index contributed by atoms with van der Waals surface area (Å²) in [6.07, 6.45) is 2.66. The lowest BCUT2D eigenvalue weighted by molar-refractivity contribution is -0.122. The molecular formula is C11H24N2O2S2. The first-order chi connectivity index (χ1) is 7.79. The molecule has 0 aromatic carbocycles. The molecule has 0 saturated carbocycles. The smallest absolute Gasteiger partial charge is 0.236 e. The number of nitrogens with one attached hydrogen (secondary N) is 1. The van der Waals surface area contributed by atoms with Crippen molar-refractivity contribution in [1.82, 2.24) is 5.32 Å². The number of amides is 1. The van der Waals surface area contributed by atoms with Gasteiger partial charge < -0.3 is 11.1 Å². The fourth-order valence-corrected chi connectivity index (χ4v) is 2.47. The zero-order valence-corrected chi connectivity index (χ0v) is 12.7. The summed E-state index contributed by atoms with van der Waals surface area (Å²) in [5.41, 5.74) is 5.70. The van der Waals surface area contributed by atoms with Crippen LogP contribution >= 0.6 is 11.8 Å². The van der Waals surface area contributed by atoms with Gasteiger partial charge in [0.05, 0.1) is 6.04 Å². The third-order valence-corrected chi connectivity index (χ3v) is 4.82. The molecule has 1 unspecified atom stereocenters. The Hall–Kier alpha value is -0.0700. The minimum absolute atomic E-state index is 0.148. The molecule has 0 aromatic rings. The zero-order valence-electron chi connectivity index (χ0n) is 11.1. The van der Waals surface area contributed by atoms with E-state index in [0.717, 1.165) is 5.75 Å². The molecule has 0 radical (unpaired) electrons. The predicted molar refractivity (Wildman–Crippen MR) is 76.7 cm³/mol. The highest BCUT2D eigenvalue weighted by molar-refractivity contribution is 7.98. The molecule has 0 spiro atoms. The Morgan fingerprint density at radius 1 is 1.47 bits per heavy atom. The Bertz CT molecular complexity index is 265. The topological polar surface area (TPSA) is 72.2 Å². The van der Waals surface area contributed by atoms with E-state index in [9.17, 15) is 9.00 Å². The molecule has 6 heteroatoms. The fourth-order valence-electron chi connectivity index (χ4n) is 1.08. The van der Waals surface area contributed by atoms with E-state index in [4.69, 9.17) is 5.73 Å². The summed E-state index contributed by atoms with van der Waals surface area (Å²) in [5, 5.41) is 2.73. The predicted octanol–water partition coefficient (Wildman–Crippen LogP) is 0.730. The Kier molecular flexibility index (Phi) is 8.07. The van der Waals surface area contributed by atoms with Gasteiger partial charge in [-0.1, -0.05) is 0 Å². The van der Waals surface area contributed by atoms with Crippen molar-refractivity contribution in [3.63, 3.8) is 0 Å². The molecule has 0 aliphatic heterocycles. The second-order valence-corrected chi connectivity index (χ2v) is 8.15. The number of rotatable bonds is 7. The molecule has 17 heavy (non-hydrogen) atoms. The fraction of sp³-hybridized carbons (Fsp3) is 0.909. The van der Waals surface area contributed by atoms with Gasteiger partial charge >= 0.3 is 0 Å². The van der Waals surface area contributed by atoms with Crippen molar-refractivity contribution in [1.29, 1.82) is 0 Å². The molecule has 0 saturated heterocycles. The number of thioether (sulfide) groups is 1. The Balaban J connectivity index is 3.82. The van der Waals surface area contributed by atoms with Crippen molar-refractivity contribution in [2.24, 2.45) is 5.73 Å². The standard InChI is InChI=1S/C11H24N2O2S2/c1-11(2,3)17(15)8-6-13-10(14)9(12)5-7-16-4/h9H,5-8,12H2,1-4H3,(H,13,14)/t9-,17?/m0/s1. The average molecular weight is 280 g/mol. The van der Waals surface area contributed by atoms with Crippen molar-refractivity contribution in [2.75, 3.05) is 24.3 Å². The maximum absolute atomic E-state index is 11.7. The van der Waals surface area contributed by atoms with E-state index in [0.29, 0.717) is 18.7 Å². The molecule has 0 aliphatic rings. The van der Waals surface area contributed by atoms with E-state index >= 15 is 0 Å². The van der Waals surface area contributed by atoms with E-state index in [-0.39, 0.29) is 10.7 Å². The Labute approximate surface area is 111 Å². The van der Waals surface area contributed by atoms with Gasteiger partial charge in [0.1, 0.15) is 0 Å². The van der Waals surface area contributed by atoms with Gasteiger partial charge in [0, 0.05) is 27.8 Å². The normalized spacial score (nSPS) is 15.4. The molecular weight excluding hydrogens is 256 g/mol. The van der Waals surface area contributed by atoms with Crippen LogP contribution < -0.4 is 11.1 Å². The van der Waals surface area contributed by atoms with Crippen LogP contribution in [-0.4, -0.2) is 45.2 Å². The highest BCUT2D eigenvalue weighted by Gasteiger charge is 2.19. The number of hydrogen-bond donors (Lipinski definition) is 2. The van der Waals surface area contributed by atoms with Gasteiger partial charge in [-0.15, -0.1) is 0 Å². The number of carbonyl (C=O) groups is 1. The molecule has 0 aromatic heterocycles. The quantitative estimate of drug-likeness (QED) is 0.721. The summed E-state index contributed by atoms with van der Waals surface area (Å²) in [5.74, 6) is 1.21. The minimum atomic E-state index is -0.932. The van der Waals surface area contributed by atoms with Crippen LogP contribution in [0.2, 0.25) is 0 Å². The highest BCUT2D eigenvalue weighted by atomic mass is 32.2. The molecule has 0 rings (SSSR count). The summed E-state index contributed by atoms with van der Waals surface area (Å²) in [6.45, 7) is 6.20. The van der Waals surface area contributed by atoms with Crippen LogP contribution in [0.25, 0.3) is 0 Å². The van der Waals surface area contributed by atoms with E-state index in [1.165, 1.54) is 0 Å². The van der Waals surface area contributed by atoms with Gasteiger partial charge in [-0.3, -0.25) is 9.00 Å². The summed E-state index contributed by atoms with van der Waals surface area (Å²) >= 11 is 1.67. The van der Waals surface area contributed by atoms with E-state index in [2.05, 4.69) is 5.32 Å². The first-order valence-corrected chi connectivity index (χ1v) is 8.41. The van der Waals surface area contributed by atoms with Crippen LogP contribution in [0.1, 0.15) is 27.2 Å². The van der Waals surface area contributed by atoms with Crippen molar-refractivity contribution in [2.45, 2.75) is 38.0 Å². The molecule has 0 bridgehead atoms. The van der Waals surface area contributed by atoms with Gasteiger partial charge in [-0.05, 0) is 39.2 Å². The van der Waals surface area contributed by atoms with Crippen molar-refractivity contribution in [3.8, 4) is 0 Å². The zero-order chi connectivity index (χ0) is 13.5. The molecule has 3 N–H and O–H groups in total. The van der Waals surface area contributed by atoms with E-state index < -0.39 is 16.8 Å². The van der Waals surface area contributed by atoms with Gasteiger partial charge in [-0.2, -0.15) is 11.8 Å². The lowest BCUT2D eigenvalue weighted by Crippen LogP contribution is -2.43. The lowest BCUT2D eigenvalue weighted by atomic mass is 10.2. The highest BCUT2D eigenvalue weighted by Crippen LogP contribution is 2.10. The maximum Gasteiger partial charge on any atom is 0.236 e. The Morgan fingerprint density at radius 3 is 2.53 bits per heavy atom. The van der Waals surface area contributed by atoms with Gasteiger partial charge in [-0.25, -0.2) is 0 Å². The molecule has 0 heterocycles. The molecule has 102 valence electrons. The van der Waals surface area contributed by atoms with Crippen LogP contribution in [0.3, 0.4) is 0 Å². The van der Waals surface area contributed by atoms with Crippen LogP contribution in [-0.2, 0) is 15.6 Å². The van der Waals surface area contributed by atoms with Crippen LogP contribution in [0.15, 0.2) is 0 Å². The summed E-state index contributed by atoms with van der Waals surface area (Å²) < 4.78 is 11.5. The van der Waals surface area contributed by atoms with Crippen LogP contribution in [0, 0.1) is 0 Å². The SMILES string of the molecule is CSCC[C@H](N)C(=O)NCCS(=O)C(C)(C)C. The van der Waals surface area contributed by atoms with Gasteiger partial charge in [0.2, 0.25) is 5.91 Å². The van der Waals surface area contributed by atoms with E-state index in [1.54, 1.807) is 11.8 Å². The van der Waals surface area contributed by atoms with Crippen molar-refractivity contribution >= 4 is 28.5 Å². The molecule has 2 atom stereocenters. The second-order valence-electron chi connectivity index (χ2n) is 4.84. The summed E-state index contributed by atoms with van der Waals surface area (Å²) in [7, 11) is -0.932. The number of nitrogens with two attached hydrogens (primary N) is 1. The monoisotopic (exact) mass is 280 g/mol. The first-order valence-electron chi connectivity index (χ1n) is 5.69. The third-order valence-electron chi connectivity index (χ3n) is 2.24. The molecule has 0 aliphatic carbocycles. The van der Waals surface area contributed by atoms with Crippen LogP contribution in [0.4, 0.5) is 0 Å². The second kappa shape index (κ2) is 8.11. The molecule has 1 amide bonds. The Morgan fingerprint density at radius 2 is 2.06 bits per heavy atom. The summed E-state index contributed by atoms with van der Waals surface area (Å²) in [4.78, 5) is 11.5. The first kappa shape index (κ1) is 16.9. The van der Waals surface area contributed by atoms with Crippen molar-refractivity contribution < 1.29 is 9.00 Å². The largest absolute Gasteiger partial charge is 0.354 e. The number of carbonyl (C=O) groups excluding carboxylic acids is 1. The molecule has 0 fully saturated rings. The van der Waals surface area contributed by atoms with E-state index in [1.807, 2.05) is 27.0 Å². The van der Waals surface area contributed by atoms with Gasteiger partial charge in [0.25, 0.3) is 0 Å². The summed E-state index contributed by atoms with van der Waals surface area (Å²) in [6, 6.07) is -0.453. The van der Waals surface area contributed by atoms with Crippen molar-refractivity contribution in [3.05, 3.63) is 0 Å². The third kappa shape index (κ3) is 7.78. The minimum Gasteiger partial charge on any atom is -0.354 e. The number of hydrogen-bond acceptors (Lipinski definition) is 4. The lowest BCUT2D eigenvalue weighted by Gasteiger charge is -2.18. The molecule has 4 nitrogen and oxygen atoms in total. The maximum atomic E-state index is 11.7.